The molecular weight excluding hydrogens is 256 g/mol. The monoisotopic (exact) mass is 274 g/mol. The van der Waals surface area contributed by atoms with E-state index in [2.05, 4.69) is 36.9 Å². The quantitative estimate of drug-likeness (QED) is 0.851. The predicted molar refractivity (Wildman–Crippen MR) is 83.9 cm³/mol. The van der Waals surface area contributed by atoms with E-state index < -0.39 is 0 Å². The molecule has 0 aliphatic carbocycles. The Morgan fingerprint density at radius 2 is 1.74 bits per heavy atom. The molecule has 0 saturated carbocycles. The fourth-order valence-corrected chi connectivity index (χ4v) is 2.43. The van der Waals surface area contributed by atoms with Gasteiger partial charge in [0.15, 0.2) is 0 Å². The molecule has 0 radical (unpaired) electrons. The van der Waals surface area contributed by atoms with E-state index in [0.29, 0.717) is 5.02 Å². The van der Waals surface area contributed by atoms with E-state index in [4.69, 9.17) is 17.3 Å². The summed E-state index contributed by atoms with van der Waals surface area (Å²) in [5, 5.41) is 0.706. The van der Waals surface area contributed by atoms with E-state index in [1.807, 2.05) is 25.2 Å². The number of anilines is 2. The van der Waals surface area contributed by atoms with E-state index in [1.165, 1.54) is 16.7 Å². The maximum atomic E-state index is 6.04. The van der Waals surface area contributed by atoms with Crippen molar-refractivity contribution in [2.75, 3.05) is 17.7 Å². The van der Waals surface area contributed by atoms with Crippen LogP contribution in [0.1, 0.15) is 16.7 Å². The number of nitrogens with zero attached hydrogens (tertiary/aromatic N) is 1. The van der Waals surface area contributed by atoms with Crippen LogP contribution in [0.3, 0.4) is 0 Å². The molecule has 2 nitrogen and oxygen atoms in total. The van der Waals surface area contributed by atoms with E-state index in [0.717, 1.165) is 17.9 Å². The van der Waals surface area contributed by atoms with Crippen molar-refractivity contribution >= 4 is 23.0 Å². The molecule has 0 aliphatic heterocycles. The lowest BCUT2D eigenvalue weighted by Gasteiger charge is -2.23. The van der Waals surface area contributed by atoms with Gasteiger partial charge >= 0.3 is 0 Å². The highest BCUT2D eigenvalue weighted by atomic mass is 35.5. The smallest absolute Gasteiger partial charge is 0.0615 e. The molecule has 3 heteroatoms. The van der Waals surface area contributed by atoms with Gasteiger partial charge in [-0.05, 0) is 48.7 Å². The standard InChI is InChI=1S/C16H19ClN2/c1-11-5-4-6-12(2)14(11)10-19(3)16-9-13(17)7-8-15(16)18/h4-9H,10,18H2,1-3H3. The summed E-state index contributed by atoms with van der Waals surface area (Å²) in [5.74, 6) is 0. The van der Waals surface area contributed by atoms with Crippen LogP contribution in [0.4, 0.5) is 11.4 Å². The lowest BCUT2D eigenvalue weighted by atomic mass is 10.0. The molecule has 19 heavy (non-hydrogen) atoms. The number of halogens is 1. The maximum Gasteiger partial charge on any atom is 0.0615 e. The summed E-state index contributed by atoms with van der Waals surface area (Å²) in [4.78, 5) is 2.14. The van der Waals surface area contributed by atoms with Gasteiger partial charge in [-0.15, -0.1) is 0 Å². The van der Waals surface area contributed by atoms with Crippen molar-refractivity contribution < 1.29 is 0 Å². The molecule has 0 saturated heterocycles. The molecule has 0 aromatic heterocycles. The van der Waals surface area contributed by atoms with Crippen LogP contribution in [0, 0.1) is 13.8 Å². The van der Waals surface area contributed by atoms with Gasteiger partial charge in [-0.2, -0.15) is 0 Å². The molecule has 2 rings (SSSR count). The van der Waals surface area contributed by atoms with Crippen molar-refractivity contribution in [3.05, 3.63) is 58.1 Å². The van der Waals surface area contributed by atoms with Gasteiger partial charge in [-0.1, -0.05) is 29.8 Å². The van der Waals surface area contributed by atoms with Crippen molar-refractivity contribution in [1.29, 1.82) is 0 Å². The van der Waals surface area contributed by atoms with Crippen molar-refractivity contribution in [2.45, 2.75) is 20.4 Å². The Balaban J connectivity index is 2.31. The second kappa shape index (κ2) is 5.54. The van der Waals surface area contributed by atoms with Crippen LogP contribution in [0.5, 0.6) is 0 Å². The molecular formula is C16H19ClN2. The zero-order valence-electron chi connectivity index (χ0n) is 11.6. The molecule has 2 aromatic carbocycles. The number of rotatable bonds is 3. The second-order valence-electron chi connectivity index (χ2n) is 4.93. The molecule has 0 fully saturated rings. The highest BCUT2D eigenvalue weighted by molar-refractivity contribution is 6.31. The van der Waals surface area contributed by atoms with Crippen LogP contribution in [0.15, 0.2) is 36.4 Å². The molecule has 100 valence electrons. The van der Waals surface area contributed by atoms with E-state index >= 15 is 0 Å². The number of nitrogen functional groups attached to an aromatic ring is 1. The Kier molecular flexibility index (Phi) is 4.01. The van der Waals surface area contributed by atoms with E-state index in [-0.39, 0.29) is 0 Å². The zero-order valence-corrected chi connectivity index (χ0v) is 12.3. The first-order valence-electron chi connectivity index (χ1n) is 6.30. The lowest BCUT2D eigenvalue weighted by Crippen LogP contribution is -2.19. The second-order valence-corrected chi connectivity index (χ2v) is 5.37. The Morgan fingerprint density at radius 3 is 2.37 bits per heavy atom. The minimum absolute atomic E-state index is 0.706. The van der Waals surface area contributed by atoms with Crippen LogP contribution >= 0.6 is 11.6 Å². The predicted octanol–water partition coefficient (Wildman–Crippen LogP) is 4.18. The summed E-state index contributed by atoms with van der Waals surface area (Å²) >= 11 is 6.04. The minimum Gasteiger partial charge on any atom is -0.397 e. The topological polar surface area (TPSA) is 29.3 Å². The Bertz CT molecular complexity index is 573. The molecule has 0 bridgehead atoms. The summed E-state index contributed by atoms with van der Waals surface area (Å²) < 4.78 is 0. The summed E-state index contributed by atoms with van der Waals surface area (Å²) in [6.45, 7) is 5.10. The minimum atomic E-state index is 0.706. The largest absolute Gasteiger partial charge is 0.397 e. The van der Waals surface area contributed by atoms with E-state index in [1.54, 1.807) is 0 Å². The summed E-state index contributed by atoms with van der Waals surface area (Å²) in [6.07, 6.45) is 0. The van der Waals surface area contributed by atoms with Crippen molar-refractivity contribution in [3.63, 3.8) is 0 Å². The van der Waals surface area contributed by atoms with Gasteiger partial charge in [0.25, 0.3) is 0 Å². The third-order valence-electron chi connectivity index (χ3n) is 3.44. The van der Waals surface area contributed by atoms with Gasteiger partial charge < -0.3 is 10.6 Å². The molecule has 0 heterocycles. The normalized spacial score (nSPS) is 10.5. The number of hydrogen-bond acceptors (Lipinski definition) is 2. The van der Waals surface area contributed by atoms with Crippen LogP contribution in [-0.4, -0.2) is 7.05 Å². The first-order valence-corrected chi connectivity index (χ1v) is 6.68. The van der Waals surface area contributed by atoms with Crippen LogP contribution < -0.4 is 10.6 Å². The number of aryl methyl sites for hydroxylation is 2. The maximum absolute atomic E-state index is 6.04. The average molecular weight is 275 g/mol. The van der Waals surface area contributed by atoms with Crippen molar-refractivity contribution in [1.82, 2.24) is 0 Å². The molecule has 0 amide bonds. The molecule has 2 N–H and O–H groups in total. The Labute approximate surface area is 119 Å². The molecule has 0 unspecified atom stereocenters. The summed E-state index contributed by atoms with van der Waals surface area (Å²) in [7, 11) is 2.04. The first-order chi connectivity index (χ1) is 8.99. The number of benzene rings is 2. The molecule has 0 aliphatic rings. The number of nitrogens with two attached hydrogens (primary N) is 1. The van der Waals surface area contributed by atoms with Gasteiger partial charge in [0.2, 0.25) is 0 Å². The third kappa shape index (κ3) is 3.02. The third-order valence-corrected chi connectivity index (χ3v) is 3.68. The first kappa shape index (κ1) is 13.8. The van der Waals surface area contributed by atoms with Crippen LogP contribution in [0.25, 0.3) is 0 Å². The Morgan fingerprint density at radius 1 is 1.11 bits per heavy atom. The lowest BCUT2D eigenvalue weighted by molar-refractivity contribution is 0.906. The fourth-order valence-electron chi connectivity index (χ4n) is 2.27. The van der Waals surface area contributed by atoms with Gasteiger partial charge in [0.1, 0.15) is 0 Å². The zero-order chi connectivity index (χ0) is 14.0. The SMILES string of the molecule is Cc1cccc(C)c1CN(C)c1cc(Cl)ccc1N. The van der Waals surface area contributed by atoms with Crippen LogP contribution in [0.2, 0.25) is 5.02 Å². The molecule has 0 atom stereocenters. The van der Waals surface area contributed by atoms with E-state index in [9.17, 15) is 0 Å². The highest BCUT2D eigenvalue weighted by Gasteiger charge is 2.09. The van der Waals surface area contributed by atoms with Crippen molar-refractivity contribution in [2.24, 2.45) is 0 Å². The summed E-state index contributed by atoms with van der Waals surface area (Å²) in [5.41, 5.74) is 11.7. The van der Waals surface area contributed by atoms with Gasteiger partial charge in [-0.25, -0.2) is 0 Å². The van der Waals surface area contributed by atoms with Gasteiger partial charge in [0, 0.05) is 18.6 Å². The van der Waals surface area contributed by atoms with Gasteiger partial charge in [-0.3, -0.25) is 0 Å². The Hall–Kier alpha value is -1.67. The molecule has 0 spiro atoms. The molecule has 2 aromatic rings. The number of hydrogen-bond donors (Lipinski definition) is 1. The fraction of sp³-hybridized carbons (Fsp3) is 0.250. The van der Waals surface area contributed by atoms with Crippen LogP contribution in [-0.2, 0) is 6.54 Å². The van der Waals surface area contributed by atoms with Crippen molar-refractivity contribution in [3.8, 4) is 0 Å². The summed E-state index contributed by atoms with van der Waals surface area (Å²) in [6, 6.07) is 11.9. The van der Waals surface area contributed by atoms with Gasteiger partial charge in [0.05, 0.1) is 11.4 Å². The average Bonchev–Trinajstić information content (AvgIpc) is 2.37. The highest BCUT2D eigenvalue weighted by Crippen LogP contribution is 2.28.